The van der Waals surface area contributed by atoms with Gasteiger partial charge in [-0.05, 0) is 37.0 Å². The van der Waals surface area contributed by atoms with E-state index in [1.54, 1.807) is 19.1 Å². The minimum Gasteiger partial charge on any atom is -0.493 e. The Morgan fingerprint density at radius 1 is 1.48 bits per heavy atom. The van der Waals surface area contributed by atoms with Gasteiger partial charge in [-0.15, -0.1) is 0 Å². The second-order valence-electron chi connectivity index (χ2n) is 5.61. The summed E-state index contributed by atoms with van der Waals surface area (Å²) in [4.78, 5) is 23.5. The minimum atomic E-state index is -1.29. The first kappa shape index (κ1) is 17.4. The number of halogens is 1. The van der Waals surface area contributed by atoms with Gasteiger partial charge in [0.25, 0.3) is 0 Å². The molecule has 7 heteroatoms. The Bertz CT molecular complexity index is 633. The first-order valence-electron chi connectivity index (χ1n) is 7.37. The maximum absolute atomic E-state index is 12.2. The van der Waals surface area contributed by atoms with Crippen LogP contribution in [0.5, 0.6) is 11.5 Å². The number of nitrogens with one attached hydrogen (secondary N) is 1. The normalized spacial score (nSPS) is 22.3. The zero-order valence-electron chi connectivity index (χ0n) is 13.3. The monoisotopic (exact) mass is 341 g/mol. The van der Waals surface area contributed by atoms with Gasteiger partial charge in [0.05, 0.1) is 18.7 Å². The molecule has 6 nitrogen and oxygen atoms in total. The molecule has 2 atom stereocenters. The molecule has 1 aromatic rings. The van der Waals surface area contributed by atoms with E-state index in [2.05, 4.69) is 5.32 Å². The number of hydrogen-bond donors (Lipinski definition) is 2. The van der Waals surface area contributed by atoms with Crippen LogP contribution < -0.4 is 14.8 Å². The summed E-state index contributed by atoms with van der Waals surface area (Å²) < 4.78 is 10.7. The van der Waals surface area contributed by atoms with Gasteiger partial charge in [-0.3, -0.25) is 9.59 Å². The lowest BCUT2D eigenvalue weighted by Crippen LogP contribution is -2.37. The van der Waals surface area contributed by atoms with Crippen LogP contribution in [0.1, 0.15) is 25.8 Å². The van der Waals surface area contributed by atoms with E-state index in [1.807, 2.05) is 6.92 Å². The van der Waals surface area contributed by atoms with Crippen LogP contribution in [0.3, 0.4) is 0 Å². The Labute approximate surface area is 139 Å². The number of carboxylic acids is 1. The smallest absolute Gasteiger partial charge is 0.319 e. The molecule has 1 amide bonds. The summed E-state index contributed by atoms with van der Waals surface area (Å²) in [7, 11) is 1.50. The molecule has 23 heavy (non-hydrogen) atoms. The Hall–Kier alpha value is -1.95. The van der Waals surface area contributed by atoms with Gasteiger partial charge in [-0.2, -0.15) is 0 Å². The predicted octanol–water partition coefficient (Wildman–Crippen LogP) is 2.47. The molecule has 0 aliphatic heterocycles. The molecule has 1 fully saturated rings. The molecule has 1 aliphatic rings. The van der Waals surface area contributed by atoms with E-state index in [9.17, 15) is 14.7 Å². The van der Waals surface area contributed by atoms with Gasteiger partial charge in [-0.25, -0.2) is 0 Å². The molecule has 0 saturated heterocycles. The Kier molecular flexibility index (Phi) is 5.04. The second-order valence-corrected chi connectivity index (χ2v) is 6.01. The highest BCUT2D eigenvalue weighted by molar-refractivity contribution is 6.32. The topological polar surface area (TPSA) is 84.9 Å². The number of rotatable bonds is 7. The lowest BCUT2D eigenvalue weighted by molar-refractivity contribution is -0.149. The van der Waals surface area contributed by atoms with Crippen molar-refractivity contribution in [2.24, 2.45) is 11.3 Å². The van der Waals surface area contributed by atoms with Gasteiger partial charge in [0.1, 0.15) is 5.41 Å². The number of carboxylic acid groups (broad SMARTS) is 1. The van der Waals surface area contributed by atoms with Gasteiger partial charge in [-0.1, -0.05) is 18.5 Å². The van der Waals surface area contributed by atoms with Crippen LogP contribution in [0.4, 0.5) is 0 Å². The van der Waals surface area contributed by atoms with E-state index in [-0.39, 0.29) is 12.5 Å². The molecule has 0 heterocycles. The summed E-state index contributed by atoms with van der Waals surface area (Å²) >= 11 is 6.17. The fourth-order valence-corrected chi connectivity index (χ4v) is 2.92. The van der Waals surface area contributed by atoms with E-state index < -0.39 is 17.3 Å². The van der Waals surface area contributed by atoms with Gasteiger partial charge < -0.3 is 19.9 Å². The number of methoxy groups -OCH3 is 1. The van der Waals surface area contributed by atoms with Gasteiger partial charge in [0.2, 0.25) is 5.91 Å². The maximum atomic E-state index is 12.2. The Morgan fingerprint density at radius 2 is 2.13 bits per heavy atom. The van der Waals surface area contributed by atoms with E-state index in [1.165, 1.54) is 7.11 Å². The number of ether oxygens (including phenoxy) is 2. The number of aliphatic carboxylic acids is 1. The third-order valence-corrected chi connectivity index (χ3v) is 4.41. The third kappa shape index (κ3) is 3.22. The van der Waals surface area contributed by atoms with Crippen LogP contribution in [0.2, 0.25) is 5.02 Å². The Balaban J connectivity index is 2.11. The quantitative estimate of drug-likeness (QED) is 0.744. The van der Waals surface area contributed by atoms with Crippen molar-refractivity contribution in [1.29, 1.82) is 0 Å². The van der Waals surface area contributed by atoms with Gasteiger partial charge >= 0.3 is 5.97 Å². The third-order valence-electron chi connectivity index (χ3n) is 4.13. The number of benzene rings is 1. The molecule has 1 aromatic carbocycles. The SMILES string of the molecule is CCOc1c(Cl)cc(CNC(=O)C2(C(=O)O)CC2C)cc1OC. The molecule has 0 bridgehead atoms. The molecule has 0 radical (unpaired) electrons. The molecule has 126 valence electrons. The average Bonchev–Trinajstić information content (AvgIpc) is 3.20. The maximum Gasteiger partial charge on any atom is 0.319 e. The summed E-state index contributed by atoms with van der Waals surface area (Å²) in [5, 5.41) is 12.3. The van der Waals surface area contributed by atoms with E-state index in [0.717, 1.165) is 0 Å². The van der Waals surface area contributed by atoms with Crippen LogP contribution in [0.25, 0.3) is 0 Å². The molecular formula is C16H20ClNO5. The van der Waals surface area contributed by atoms with Crippen molar-refractivity contribution in [3.05, 3.63) is 22.7 Å². The second kappa shape index (κ2) is 6.66. The van der Waals surface area contributed by atoms with Crippen LogP contribution in [-0.4, -0.2) is 30.7 Å². The lowest BCUT2D eigenvalue weighted by Gasteiger charge is -2.15. The lowest BCUT2D eigenvalue weighted by atomic mass is 10.0. The highest BCUT2D eigenvalue weighted by atomic mass is 35.5. The zero-order chi connectivity index (χ0) is 17.2. The highest BCUT2D eigenvalue weighted by Gasteiger charge is 2.63. The zero-order valence-corrected chi connectivity index (χ0v) is 14.1. The number of carbonyl (C=O) groups is 2. The van der Waals surface area contributed by atoms with Crippen LogP contribution in [0, 0.1) is 11.3 Å². The van der Waals surface area contributed by atoms with Crippen molar-refractivity contribution >= 4 is 23.5 Å². The van der Waals surface area contributed by atoms with E-state index in [4.69, 9.17) is 21.1 Å². The number of carbonyl (C=O) groups excluding carboxylic acids is 1. The standard InChI is InChI=1S/C16H20ClNO5/c1-4-23-13-11(17)5-10(6-12(13)22-3)8-18-14(19)16(15(20)21)7-9(16)2/h5-6,9H,4,7-8H2,1-3H3,(H,18,19)(H,20,21). The fraction of sp³-hybridized carbons (Fsp3) is 0.500. The van der Waals surface area contributed by atoms with Crippen molar-refractivity contribution < 1.29 is 24.2 Å². The number of amides is 1. The molecule has 1 saturated carbocycles. The first-order valence-corrected chi connectivity index (χ1v) is 7.75. The molecular weight excluding hydrogens is 322 g/mol. The summed E-state index contributed by atoms with van der Waals surface area (Å²) in [6.45, 7) is 4.21. The molecule has 0 spiro atoms. The summed E-state index contributed by atoms with van der Waals surface area (Å²) in [6, 6.07) is 3.38. The molecule has 2 rings (SSSR count). The van der Waals surface area contributed by atoms with Crippen LogP contribution in [0.15, 0.2) is 12.1 Å². The number of hydrogen-bond acceptors (Lipinski definition) is 4. The predicted molar refractivity (Wildman–Crippen MR) is 84.9 cm³/mol. The minimum absolute atomic E-state index is 0.154. The van der Waals surface area contributed by atoms with E-state index in [0.29, 0.717) is 35.1 Å². The summed E-state index contributed by atoms with van der Waals surface area (Å²) in [5.41, 5.74) is -0.587. The van der Waals surface area contributed by atoms with Crippen LogP contribution >= 0.6 is 11.6 Å². The molecule has 1 aliphatic carbocycles. The van der Waals surface area contributed by atoms with Crippen molar-refractivity contribution in [2.45, 2.75) is 26.8 Å². The molecule has 2 unspecified atom stereocenters. The summed E-state index contributed by atoms with van der Waals surface area (Å²) in [5.74, 6) is -0.786. The first-order chi connectivity index (χ1) is 10.9. The Morgan fingerprint density at radius 3 is 2.61 bits per heavy atom. The molecule has 0 aromatic heterocycles. The van der Waals surface area contributed by atoms with Crippen LogP contribution in [-0.2, 0) is 16.1 Å². The van der Waals surface area contributed by atoms with Gasteiger partial charge in [0.15, 0.2) is 11.5 Å². The van der Waals surface area contributed by atoms with Crippen molar-refractivity contribution in [2.75, 3.05) is 13.7 Å². The molecule has 2 N–H and O–H groups in total. The van der Waals surface area contributed by atoms with Crippen molar-refractivity contribution in [3.8, 4) is 11.5 Å². The van der Waals surface area contributed by atoms with Crippen molar-refractivity contribution in [1.82, 2.24) is 5.32 Å². The average molecular weight is 342 g/mol. The summed E-state index contributed by atoms with van der Waals surface area (Å²) in [6.07, 6.45) is 0.363. The van der Waals surface area contributed by atoms with Gasteiger partial charge in [0, 0.05) is 6.54 Å². The van der Waals surface area contributed by atoms with E-state index >= 15 is 0 Å². The van der Waals surface area contributed by atoms with Crippen molar-refractivity contribution in [3.63, 3.8) is 0 Å². The largest absolute Gasteiger partial charge is 0.493 e. The fourth-order valence-electron chi connectivity index (χ4n) is 2.64. The highest BCUT2D eigenvalue weighted by Crippen LogP contribution is 2.52.